The molecule has 3 aromatic rings. The minimum Gasteiger partial charge on any atom is -0.495 e. The van der Waals surface area contributed by atoms with Crippen molar-refractivity contribution in [2.75, 3.05) is 12.4 Å². The number of hydrogen-bond donors (Lipinski definition) is 2. The average Bonchev–Trinajstić information content (AvgIpc) is 2.62. The first-order valence-electron chi connectivity index (χ1n) is 7.35. The van der Waals surface area contributed by atoms with E-state index in [1.807, 2.05) is 60.7 Å². The largest absolute Gasteiger partial charge is 0.495 e. The summed E-state index contributed by atoms with van der Waals surface area (Å²) in [5, 5.41) is 8.62. The third-order valence-corrected chi connectivity index (χ3v) is 3.53. The molecule has 0 unspecified atom stereocenters. The zero-order chi connectivity index (χ0) is 16.8. The molecule has 0 bridgehead atoms. The summed E-state index contributed by atoms with van der Waals surface area (Å²) in [5.74, 6) is 0.710. The maximum Gasteiger partial charge on any atom is 0.191 e. The van der Waals surface area contributed by atoms with Crippen LogP contribution in [0.3, 0.4) is 0 Å². The van der Waals surface area contributed by atoms with E-state index < -0.39 is 0 Å². The normalized spacial score (nSPS) is 10.7. The van der Waals surface area contributed by atoms with Crippen molar-refractivity contribution in [1.82, 2.24) is 10.4 Å². The maximum atomic E-state index is 5.26. The molecule has 0 fully saturated rings. The molecule has 0 aliphatic carbocycles. The van der Waals surface area contributed by atoms with E-state index in [0.717, 1.165) is 22.3 Å². The van der Waals surface area contributed by atoms with Crippen LogP contribution in [0.5, 0.6) is 5.75 Å². The van der Waals surface area contributed by atoms with Crippen LogP contribution in [0.25, 0.3) is 10.9 Å². The van der Waals surface area contributed by atoms with Gasteiger partial charge in [-0.15, -0.1) is 0 Å². The number of aromatic nitrogens is 1. The van der Waals surface area contributed by atoms with Gasteiger partial charge in [-0.05, 0) is 36.5 Å². The second-order valence-electron chi connectivity index (χ2n) is 4.95. The number of benzene rings is 2. The Balaban J connectivity index is 1.63. The molecule has 5 nitrogen and oxygen atoms in total. The lowest BCUT2D eigenvalue weighted by atomic mass is 10.2. The number of thiocarbonyl (C=S) groups is 1. The van der Waals surface area contributed by atoms with Crippen molar-refractivity contribution >= 4 is 40.1 Å². The fourth-order valence-electron chi connectivity index (χ4n) is 2.21. The molecule has 0 amide bonds. The summed E-state index contributed by atoms with van der Waals surface area (Å²) in [7, 11) is 1.61. The van der Waals surface area contributed by atoms with E-state index in [9.17, 15) is 0 Å². The molecule has 0 radical (unpaired) electrons. The minimum absolute atomic E-state index is 0.372. The van der Waals surface area contributed by atoms with Gasteiger partial charge < -0.3 is 10.1 Å². The Morgan fingerprint density at radius 3 is 2.75 bits per heavy atom. The molecular weight excluding hydrogens is 320 g/mol. The fraction of sp³-hybridized carbons (Fsp3) is 0.0556. The minimum atomic E-state index is 0.372. The molecule has 1 heterocycles. The molecule has 3 rings (SSSR count). The van der Waals surface area contributed by atoms with Crippen LogP contribution in [0.4, 0.5) is 5.69 Å². The van der Waals surface area contributed by atoms with Crippen LogP contribution in [-0.2, 0) is 0 Å². The van der Waals surface area contributed by atoms with Crippen LogP contribution < -0.4 is 15.5 Å². The predicted molar refractivity (Wildman–Crippen MR) is 102 cm³/mol. The molecule has 0 saturated heterocycles. The van der Waals surface area contributed by atoms with Crippen molar-refractivity contribution in [3.05, 3.63) is 66.4 Å². The Morgan fingerprint density at radius 2 is 1.88 bits per heavy atom. The summed E-state index contributed by atoms with van der Waals surface area (Å²) >= 11 is 5.22. The monoisotopic (exact) mass is 336 g/mol. The number of methoxy groups -OCH3 is 1. The van der Waals surface area contributed by atoms with Crippen molar-refractivity contribution in [1.29, 1.82) is 0 Å². The van der Waals surface area contributed by atoms with Gasteiger partial charge in [-0.25, -0.2) is 4.98 Å². The van der Waals surface area contributed by atoms with Gasteiger partial charge in [-0.2, -0.15) is 5.10 Å². The Morgan fingerprint density at radius 1 is 1.08 bits per heavy atom. The number of rotatable bonds is 4. The SMILES string of the molecule is COc1ccccc1NC(=S)N/N=C/c1ccc2ccccc2n1. The van der Waals surface area contributed by atoms with Crippen molar-refractivity contribution in [2.45, 2.75) is 0 Å². The summed E-state index contributed by atoms with van der Waals surface area (Å²) in [4.78, 5) is 4.51. The van der Waals surface area contributed by atoms with Crippen LogP contribution in [0.15, 0.2) is 65.8 Å². The quantitative estimate of drug-likeness (QED) is 0.433. The van der Waals surface area contributed by atoms with E-state index in [2.05, 4.69) is 20.8 Å². The lowest BCUT2D eigenvalue weighted by molar-refractivity contribution is 0.417. The summed E-state index contributed by atoms with van der Waals surface area (Å²) in [6, 6.07) is 19.4. The average molecular weight is 336 g/mol. The summed E-state index contributed by atoms with van der Waals surface area (Å²) in [6.07, 6.45) is 1.63. The fourth-order valence-corrected chi connectivity index (χ4v) is 2.37. The number of anilines is 1. The predicted octanol–water partition coefficient (Wildman–Crippen LogP) is 3.56. The van der Waals surface area contributed by atoms with Gasteiger partial charge >= 0.3 is 0 Å². The van der Waals surface area contributed by atoms with Gasteiger partial charge in [0.1, 0.15) is 5.75 Å². The Kier molecular flexibility index (Phi) is 4.98. The molecule has 0 aliphatic rings. The first kappa shape index (κ1) is 15.9. The standard InChI is InChI=1S/C18H16N4OS/c1-23-17-9-5-4-8-16(17)21-18(24)22-19-12-14-11-10-13-6-2-3-7-15(13)20-14/h2-12H,1H3,(H2,21,22,24)/b19-12+. The van der Waals surface area contributed by atoms with E-state index in [0.29, 0.717) is 10.9 Å². The topological polar surface area (TPSA) is 58.5 Å². The molecule has 6 heteroatoms. The van der Waals surface area contributed by atoms with E-state index in [-0.39, 0.29) is 0 Å². The van der Waals surface area contributed by atoms with Gasteiger partial charge in [0.05, 0.1) is 30.2 Å². The van der Waals surface area contributed by atoms with Gasteiger partial charge in [-0.3, -0.25) is 5.43 Å². The number of hydrazone groups is 1. The van der Waals surface area contributed by atoms with Gasteiger partial charge in [0.2, 0.25) is 0 Å². The third-order valence-electron chi connectivity index (χ3n) is 3.34. The Hall–Kier alpha value is -2.99. The number of para-hydroxylation sites is 3. The molecular formula is C18H16N4OS. The molecule has 0 saturated carbocycles. The van der Waals surface area contributed by atoms with Gasteiger partial charge in [0.15, 0.2) is 5.11 Å². The second kappa shape index (κ2) is 7.52. The number of fused-ring (bicyclic) bond motifs is 1. The van der Waals surface area contributed by atoms with Crippen LogP contribution >= 0.6 is 12.2 Å². The van der Waals surface area contributed by atoms with Crippen molar-refractivity contribution in [3.63, 3.8) is 0 Å². The van der Waals surface area contributed by atoms with Gasteiger partial charge in [0, 0.05) is 5.39 Å². The highest BCUT2D eigenvalue weighted by atomic mass is 32.1. The van der Waals surface area contributed by atoms with Crippen LogP contribution in [0.2, 0.25) is 0 Å². The summed E-state index contributed by atoms with van der Waals surface area (Å²) in [6.45, 7) is 0. The van der Waals surface area contributed by atoms with Crippen LogP contribution in [0, 0.1) is 0 Å². The van der Waals surface area contributed by atoms with E-state index in [1.165, 1.54) is 0 Å². The summed E-state index contributed by atoms with van der Waals surface area (Å²) < 4.78 is 5.26. The number of nitrogens with zero attached hydrogens (tertiary/aromatic N) is 2. The number of hydrogen-bond acceptors (Lipinski definition) is 4. The van der Waals surface area contributed by atoms with Crippen LogP contribution in [0.1, 0.15) is 5.69 Å². The first-order chi connectivity index (χ1) is 11.8. The maximum absolute atomic E-state index is 5.26. The van der Waals surface area contributed by atoms with Gasteiger partial charge in [-0.1, -0.05) is 36.4 Å². The molecule has 120 valence electrons. The van der Waals surface area contributed by atoms with Crippen molar-refractivity contribution in [2.24, 2.45) is 5.10 Å². The molecule has 0 atom stereocenters. The lowest BCUT2D eigenvalue weighted by Gasteiger charge is -2.10. The van der Waals surface area contributed by atoms with E-state index in [4.69, 9.17) is 17.0 Å². The second-order valence-corrected chi connectivity index (χ2v) is 5.36. The first-order valence-corrected chi connectivity index (χ1v) is 7.76. The zero-order valence-corrected chi connectivity index (χ0v) is 13.9. The Bertz CT molecular complexity index is 895. The summed E-state index contributed by atoms with van der Waals surface area (Å²) in [5.41, 5.74) is 5.23. The highest BCUT2D eigenvalue weighted by Gasteiger charge is 2.02. The highest BCUT2D eigenvalue weighted by molar-refractivity contribution is 7.80. The highest BCUT2D eigenvalue weighted by Crippen LogP contribution is 2.22. The molecule has 24 heavy (non-hydrogen) atoms. The zero-order valence-electron chi connectivity index (χ0n) is 13.1. The van der Waals surface area contributed by atoms with Gasteiger partial charge in [0.25, 0.3) is 0 Å². The smallest absolute Gasteiger partial charge is 0.191 e. The molecule has 2 aromatic carbocycles. The van der Waals surface area contributed by atoms with E-state index >= 15 is 0 Å². The number of pyridine rings is 1. The lowest BCUT2D eigenvalue weighted by Crippen LogP contribution is -2.24. The molecule has 2 N–H and O–H groups in total. The Labute approximate surface area is 145 Å². The van der Waals surface area contributed by atoms with Crippen LogP contribution in [-0.4, -0.2) is 23.4 Å². The molecule has 0 aliphatic heterocycles. The van der Waals surface area contributed by atoms with Crippen molar-refractivity contribution in [3.8, 4) is 5.75 Å². The number of ether oxygens (including phenoxy) is 1. The molecule has 1 aromatic heterocycles. The van der Waals surface area contributed by atoms with Crippen molar-refractivity contribution < 1.29 is 4.74 Å². The molecule has 0 spiro atoms. The third kappa shape index (κ3) is 3.85. The number of nitrogens with one attached hydrogen (secondary N) is 2. The van der Waals surface area contributed by atoms with E-state index in [1.54, 1.807) is 13.3 Å².